The molecule has 1 aromatic carbocycles. The number of benzene rings is 1. The first kappa shape index (κ1) is 23.0. The number of rotatable bonds is 8. The van der Waals surface area contributed by atoms with Crippen LogP contribution in [0.2, 0.25) is 0 Å². The zero-order valence-electron chi connectivity index (χ0n) is 14.9. The Morgan fingerprint density at radius 2 is 2.00 bits per heavy atom. The first-order valence-corrected chi connectivity index (χ1v) is 7.99. The molecule has 1 heterocycles. The second kappa shape index (κ2) is 11.6. The number of methoxy groups -OCH3 is 1. The minimum absolute atomic E-state index is 0. The average Bonchev–Trinajstić information content (AvgIpc) is 3.05. The Morgan fingerprint density at radius 3 is 2.63 bits per heavy atom. The molecule has 0 spiro atoms. The Kier molecular flexibility index (Phi) is 9.89. The number of aliphatic imine (C=N–C) groups is 1. The van der Waals surface area contributed by atoms with Crippen LogP contribution >= 0.6 is 24.0 Å². The largest absolute Gasteiger partial charge is 0.469 e. The molecule has 2 rings (SSSR count). The molecule has 1 aliphatic rings. The summed E-state index contributed by atoms with van der Waals surface area (Å²) in [5, 5.41) is 5.96. The highest BCUT2D eigenvalue weighted by Crippen LogP contribution is 2.38. The maximum absolute atomic E-state index is 12.6. The van der Waals surface area contributed by atoms with E-state index in [-0.39, 0.29) is 55.5 Å². The Labute approximate surface area is 172 Å². The molecule has 2 N–H and O–H groups in total. The number of esters is 1. The van der Waals surface area contributed by atoms with Crippen molar-refractivity contribution in [2.24, 2.45) is 4.99 Å². The molecule has 1 aromatic rings. The van der Waals surface area contributed by atoms with Crippen LogP contribution in [-0.4, -0.2) is 45.5 Å². The van der Waals surface area contributed by atoms with Crippen LogP contribution in [0.4, 0.5) is 8.78 Å². The van der Waals surface area contributed by atoms with E-state index in [4.69, 9.17) is 9.47 Å². The fourth-order valence-electron chi connectivity index (χ4n) is 2.19. The lowest BCUT2D eigenvalue weighted by Crippen LogP contribution is -2.38. The van der Waals surface area contributed by atoms with Crippen LogP contribution in [0.5, 0.6) is 17.2 Å². The van der Waals surface area contributed by atoms with Crippen LogP contribution in [0, 0.1) is 0 Å². The van der Waals surface area contributed by atoms with Gasteiger partial charge in [-0.3, -0.25) is 4.79 Å². The van der Waals surface area contributed by atoms with E-state index in [0.717, 1.165) is 0 Å². The minimum Gasteiger partial charge on any atom is -0.469 e. The van der Waals surface area contributed by atoms with Crippen LogP contribution in [0.25, 0.3) is 0 Å². The minimum atomic E-state index is -2.97. The number of nitrogens with zero attached hydrogens (tertiary/aromatic N) is 1. The highest BCUT2D eigenvalue weighted by Gasteiger charge is 2.20. The standard InChI is InChI=1S/C16H21F2N3O5.HI/c1-3-19-16(20-5-4-14(22)23-2)21-8-10-6-12-13(25-9-24-12)7-11(10)26-15(17)18;/h6-7,15H,3-5,8-9H2,1-2H3,(H2,19,20,21);1H. The van der Waals surface area contributed by atoms with Gasteiger partial charge in [0.05, 0.1) is 20.1 Å². The molecule has 0 radical (unpaired) electrons. The van der Waals surface area contributed by atoms with Crippen LogP contribution in [-0.2, 0) is 16.1 Å². The molecule has 0 bridgehead atoms. The van der Waals surface area contributed by atoms with E-state index in [1.807, 2.05) is 6.92 Å². The number of alkyl halides is 2. The van der Waals surface area contributed by atoms with Gasteiger partial charge in [0.15, 0.2) is 17.5 Å². The predicted molar refractivity (Wildman–Crippen MR) is 104 cm³/mol. The third-order valence-corrected chi connectivity index (χ3v) is 3.37. The highest BCUT2D eigenvalue weighted by atomic mass is 127. The van der Waals surface area contributed by atoms with Gasteiger partial charge in [-0.1, -0.05) is 0 Å². The lowest BCUT2D eigenvalue weighted by atomic mass is 10.1. The Morgan fingerprint density at radius 1 is 1.30 bits per heavy atom. The van der Waals surface area contributed by atoms with Gasteiger partial charge < -0.3 is 29.6 Å². The van der Waals surface area contributed by atoms with Crippen molar-refractivity contribution in [2.75, 3.05) is 27.0 Å². The summed E-state index contributed by atoms with van der Waals surface area (Å²) in [5.74, 6) is 0.837. The molecule has 0 fully saturated rings. The number of fused-ring (bicyclic) bond motifs is 1. The molecular weight excluding hydrogens is 479 g/mol. The molecule has 27 heavy (non-hydrogen) atoms. The quantitative estimate of drug-likeness (QED) is 0.245. The molecule has 0 aliphatic carbocycles. The summed E-state index contributed by atoms with van der Waals surface area (Å²) in [6.45, 7) is -0.0978. The van der Waals surface area contributed by atoms with Crippen LogP contribution < -0.4 is 24.8 Å². The van der Waals surface area contributed by atoms with Crippen molar-refractivity contribution in [1.82, 2.24) is 10.6 Å². The second-order valence-corrected chi connectivity index (χ2v) is 5.14. The fraction of sp³-hybridized carbons (Fsp3) is 0.500. The fourth-order valence-corrected chi connectivity index (χ4v) is 2.19. The smallest absolute Gasteiger partial charge is 0.387 e. The van der Waals surface area contributed by atoms with Gasteiger partial charge in [0.25, 0.3) is 0 Å². The molecule has 11 heteroatoms. The molecule has 8 nitrogen and oxygen atoms in total. The molecule has 0 unspecified atom stereocenters. The highest BCUT2D eigenvalue weighted by molar-refractivity contribution is 14.0. The molecule has 0 amide bonds. The third-order valence-electron chi connectivity index (χ3n) is 3.37. The number of nitrogens with one attached hydrogen (secondary N) is 2. The number of ether oxygens (including phenoxy) is 4. The van der Waals surface area contributed by atoms with E-state index < -0.39 is 6.61 Å². The monoisotopic (exact) mass is 501 g/mol. The van der Waals surface area contributed by atoms with Gasteiger partial charge in [0.1, 0.15) is 5.75 Å². The van der Waals surface area contributed by atoms with Crippen molar-refractivity contribution in [1.29, 1.82) is 0 Å². The first-order chi connectivity index (χ1) is 12.5. The lowest BCUT2D eigenvalue weighted by molar-refractivity contribution is -0.140. The van der Waals surface area contributed by atoms with E-state index >= 15 is 0 Å². The summed E-state index contributed by atoms with van der Waals surface area (Å²) in [7, 11) is 1.31. The molecule has 0 aromatic heterocycles. The van der Waals surface area contributed by atoms with Gasteiger partial charge in [0, 0.05) is 24.7 Å². The Hall–Kier alpha value is -2.05. The SMILES string of the molecule is CCNC(=NCc1cc2c(cc1OC(F)F)OCO2)NCCC(=O)OC.I. The number of guanidine groups is 1. The Bertz CT molecular complexity index is 661. The number of carbonyl (C=O) groups is 1. The lowest BCUT2D eigenvalue weighted by Gasteiger charge is -2.13. The number of hydrogen-bond donors (Lipinski definition) is 2. The number of halogens is 3. The normalized spacial score (nSPS) is 12.4. The summed E-state index contributed by atoms with van der Waals surface area (Å²) in [5.41, 5.74) is 0.416. The summed E-state index contributed by atoms with van der Waals surface area (Å²) >= 11 is 0. The van der Waals surface area contributed by atoms with Gasteiger partial charge in [-0.2, -0.15) is 8.78 Å². The molecule has 1 aliphatic heterocycles. The molecule has 0 saturated heterocycles. The molecule has 0 atom stereocenters. The number of hydrogen-bond acceptors (Lipinski definition) is 6. The number of carbonyl (C=O) groups excluding carboxylic acids is 1. The second-order valence-electron chi connectivity index (χ2n) is 5.14. The van der Waals surface area contributed by atoms with Crippen molar-refractivity contribution in [3.05, 3.63) is 17.7 Å². The zero-order chi connectivity index (χ0) is 18.9. The van der Waals surface area contributed by atoms with E-state index in [1.165, 1.54) is 13.2 Å². The Balaban J connectivity index is 0.00000364. The van der Waals surface area contributed by atoms with Crippen molar-refractivity contribution >= 4 is 35.9 Å². The molecule has 152 valence electrons. The van der Waals surface area contributed by atoms with Gasteiger partial charge in [-0.05, 0) is 13.0 Å². The van der Waals surface area contributed by atoms with E-state index in [2.05, 4.69) is 25.1 Å². The van der Waals surface area contributed by atoms with Gasteiger partial charge >= 0.3 is 12.6 Å². The topological polar surface area (TPSA) is 90.4 Å². The van der Waals surface area contributed by atoms with E-state index in [0.29, 0.717) is 36.1 Å². The molecular formula is C16H22F2IN3O5. The van der Waals surface area contributed by atoms with Gasteiger partial charge in [0.2, 0.25) is 6.79 Å². The van der Waals surface area contributed by atoms with E-state index in [1.54, 1.807) is 6.07 Å². The van der Waals surface area contributed by atoms with Crippen molar-refractivity contribution in [3.63, 3.8) is 0 Å². The van der Waals surface area contributed by atoms with Crippen molar-refractivity contribution in [3.8, 4) is 17.2 Å². The first-order valence-electron chi connectivity index (χ1n) is 7.99. The average molecular weight is 501 g/mol. The maximum atomic E-state index is 12.6. The summed E-state index contributed by atoms with van der Waals surface area (Å²) < 4.78 is 44.8. The van der Waals surface area contributed by atoms with Crippen LogP contribution in [0.15, 0.2) is 17.1 Å². The van der Waals surface area contributed by atoms with E-state index in [9.17, 15) is 13.6 Å². The summed E-state index contributed by atoms with van der Waals surface area (Å²) in [6, 6.07) is 2.92. The summed E-state index contributed by atoms with van der Waals surface area (Å²) in [6.07, 6.45) is 0.171. The zero-order valence-corrected chi connectivity index (χ0v) is 17.3. The van der Waals surface area contributed by atoms with Gasteiger partial charge in [-0.15, -0.1) is 24.0 Å². The maximum Gasteiger partial charge on any atom is 0.387 e. The van der Waals surface area contributed by atoms with Crippen molar-refractivity contribution in [2.45, 2.75) is 26.5 Å². The third kappa shape index (κ3) is 7.23. The van der Waals surface area contributed by atoms with Crippen LogP contribution in [0.3, 0.4) is 0 Å². The molecule has 0 saturated carbocycles. The van der Waals surface area contributed by atoms with Crippen molar-refractivity contribution < 1.29 is 32.5 Å². The van der Waals surface area contributed by atoms with Crippen LogP contribution in [0.1, 0.15) is 18.9 Å². The predicted octanol–water partition coefficient (Wildman–Crippen LogP) is 2.25. The summed E-state index contributed by atoms with van der Waals surface area (Å²) in [4.78, 5) is 15.5. The van der Waals surface area contributed by atoms with Gasteiger partial charge in [-0.25, -0.2) is 4.99 Å².